The fourth-order valence-electron chi connectivity index (χ4n) is 3.56. The van der Waals surface area contributed by atoms with Gasteiger partial charge in [-0.2, -0.15) is 0 Å². The molecule has 0 fully saturated rings. The van der Waals surface area contributed by atoms with E-state index < -0.39 is 12.0 Å². The third-order valence-corrected chi connectivity index (χ3v) is 5.04. The maximum atomic E-state index is 12.7. The van der Waals surface area contributed by atoms with Crippen LogP contribution in [-0.4, -0.2) is 30.4 Å². The maximum Gasteiger partial charge on any atom is 0.341 e. The quantitative estimate of drug-likeness (QED) is 0.446. The molecule has 8 heteroatoms. The number of rotatable bonds is 4. The van der Waals surface area contributed by atoms with Crippen LogP contribution < -0.4 is 20.1 Å². The second-order valence-corrected chi connectivity index (χ2v) is 7.14. The summed E-state index contributed by atoms with van der Waals surface area (Å²) in [4.78, 5) is 29.7. The van der Waals surface area contributed by atoms with Crippen molar-refractivity contribution in [3.63, 3.8) is 0 Å². The van der Waals surface area contributed by atoms with E-state index in [9.17, 15) is 9.59 Å². The molecular weight excluding hydrogens is 410 g/mol. The third-order valence-electron chi connectivity index (χ3n) is 5.04. The zero-order valence-corrected chi connectivity index (χ0v) is 17.2. The summed E-state index contributed by atoms with van der Waals surface area (Å²) in [7, 11) is 0. The summed E-state index contributed by atoms with van der Waals surface area (Å²) in [6.45, 7) is 2.03. The van der Waals surface area contributed by atoms with Crippen LogP contribution in [0, 0.1) is 0 Å². The maximum absolute atomic E-state index is 12.7. The first-order valence-electron chi connectivity index (χ1n) is 10.1. The molecule has 0 saturated heterocycles. The Bertz CT molecular complexity index is 1370. The van der Waals surface area contributed by atoms with Crippen molar-refractivity contribution >= 4 is 45.2 Å². The molecule has 0 radical (unpaired) electrons. The van der Waals surface area contributed by atoms with Gasteiger partial charge in [0.1, 0.15) is 11.4 Å². The minimum atomic E-state index is -0.583. The zero-order valence-electron chi connectivity index (χ0n) is 17.2. The summed E-state index contributed by atoms with van der Waals surface area (Å²) < 4.78 is 16.0. The molecule has 32 heavy (non-hydrogen) atoms. The summed E-state index contributed by atoms with van der Waals surface area (Å²) in [5.41, 5.74) is 1.30. The molecule has 2 heterocycles. The highest BCUT2D eigenvalue weighted by atomic mass is 16.7. The van der Waals surface area contributed by atoms with Crippen LogP contribution in [0.5, 0.6) is 11.5 Å². The normalized spacial score (nSPS) is 12.0. The van der Waals surface area contributed by atoms with E-state index in [-0.39, 0.29) is 24.8 Å². The number of benzene rings is 3. The number of amides is 2. The number of nitrogens with one attached hydrogen (secondary N) is 2. The van der Waals surface area contributed by atoms with Crippen molar-refractivity contribution in [3.8, 4) is 11.5 Å². The third kappa shape index (κ3) is 3.74. The molecule has 8 nitrogen and oxygen atoms in total. The molecule has 3 aromatic carbocycles. The van der Waals surface area contributed by atoms with Gasteiger partial charge in [0.2, 0.25) is 6.79 Å². The largest absolute Gasteiger partial charge is 0.462 e. The molecule has 2 N–H and O–H groups in total. The van der Waals surface area contributed by atoms with Gasteiger partial charge in [-0.15, -0.1) is 0 Å². The van der Waals surface area contributed by atoms with Gasteiger partial charge < -0.3 is 19.5 Å². The lowest BCUT2D eigenvalue weighted by Crippen LogP contribution is -2.22. The first-order chi connectivity index (χ1) is 15.6. The van der Waals surface area contributed by atoms with E-state index in [4.69, 9.17) is 14.2 Å². The predicted molar refractivity (Wildman–Crippen MR) is 120 cm³/mol. The van der Waals surface area contributed by atoms with Crippen LogP contribution in [0.4, 0.5) is 16.3 Å². The first kappa shape index (κ1) is 19.6. The van der Waals surface area contributed by atoms with Crippen LogP contribution >= 0.6 is 0 Å². The van der Waals surface area contributed by atoms with Gasteiger partial charge >= 0.3 is 12.0 Å². The van der Waals surface area contributed by atoms with Crippen molar-refractivity contribution in [3.05, 3.63) is 66.2 Å². The molecule has 0 unspecified atom stereocenters. The highest BCUT2D eigenvalue weighted by Gasteiger charge is 2.21. The number of hydrogen-bond donors (Lipinski definition) is 2. The molecule has 4 aromatic rings. The smallest absolute Gasteiger partial charge is 0.341 e. The molecule has 1 aliphatic heterocycles. The Morgan fingerprint density at radius 3 is 2.53 bits per heavy atom. The molecule has 160 valence electrons. The number of carbonyl (C=O) groups is 2. The highest BCUT2D eigenvalue weighted by Crippen LogP contribution is 2.36. The number of ether oxygens (including phenoxy) is 3. The standard InChI is InChI=1S/C24H19N3O5/c1-2-30-23(28)18-10-16-11-20-21(32-13-31-20)12-19(16)26-22(18)27-24(29)25-17-8-7-14-5-3-4-6-15(14)9-17/h3-12H,2,13H2,1H3,(H2,25,26,27,29). The van der Waals surface area contributed by atoms with Crippen molar-refractivity contribution in [1.29, 1.82) is 0 Å². The summed E-state index contributed by atoms with van der Waals surface area (Å²) in [6.07, 6.45) is 0. The number of aromatic nitrogens is 1. The Balaban J connectivity index is 1.46. The van der Waals surface area contributed by atoms with Crippen LogP contribution in [0.1, 0.15) is 17.3 Å². The number of hydrogen-bond acceptors (Lipinski definition) is 6. The van der Waals surface area contributed by atoms with Crippen molar-refractivity contribution in [1.82, 2.24) is 4.98 Å². The van der Waals surface area contributed by atoms with E-state index in [0.717, 1.165) is 10.8 Å². The van der Waals surface area contributed by atoms with E-state index >= 15 is 0 Å². The number of anilines is 2. The average molecular weight is 429 g/mol. The predicted octanol–water partition coefficient (Wildman–Crippen LogP) is 4.94. The van der Waals surface area contributed by atoms with Crippen molar-refractivity contribution in [2.24, 2.45) is 0 Å². The van der Waals surface area contributed by atoms with Crippen molar-refractivity contribution in [2.45, 2.75) is 6.92 Å². The lowest BCUT2D eigenvalue weighted by atomic mass is 10.1. The molecule has 0 aliphatic carbocycles. The van der Waals surface area contributed by atoms with Gasteiger partial charge in [0.25, 0.3) is 0 Å². The van der Waals surface area contributed by atoms with E-state index in [1.54, 1.807) is 25.1 Å². The van der Waals surface area contributed by atoms with Gasteiger partial charge in [-0.1, -0.05) is 30.3 Å². The molecule has 0 saturated carbocycles. The minimum Gasteiger partial charge on any atom is -0.462 e. The molecule has 1 aliphatic rings. The van der Waals surface area contributed by atoms with Crippen LogP contribution in [0.25, 0.3) is 21.7 Å². The van der Waals surface area contributed by atoms with Gasteiger partial charge in [-0.25, -0.2) is 14.6 Å². The fraction of sp³-hybridized carbons (Fsp3) is 0.125. The first-order valence-corrected chi connectivity index (χ1v) is 10.1. The topological polar surface area (TPSA) is 98.8 Å². The number of urea groups is 1. The Morgan fingerprint density at radius 1 is 0.938 bits per heavy atom. The molecule has 0 spiro atoms. The van der Waals surface area contributed by atoms with Gasteiger partial charge in [-0.3, -0.25) is 5.32 Å². The molecule has 0 atom stereocenters. The monoisotopic (exact) mass is 429 g/mol. The Labute approximate surface area is 183 Å². The number of nitrogens with zero attached hydrogens (tertiary/aromatic N) is 1. The number of fused-ring (bicyclic) bond motifs is 3. The molecular formula is C24H19N3O5. The summed E-state index contributed by atoms with van der Waals surface area (Å²) >= 11 is 0. The Morgan fingerprint density at radius 2 is 1.72 bits per heavy atom. The van der Waals surface area contributed by atoms with Crippen LogP contribution in [0.3, 0.4) is 0 Å². The molecule has 5 rings (SSSR count). The Kier molecular flexibility index (Phi) is 4.95. The Hall–Kier alpha value is -4.33. The van der Waals surface area contributed by atoms with E-state index in [1.165, 1.54) is 0 Å². The van der Waals surface area contributed by atoms with Crippen LogP contribution in [0.15, 0.2) is 60.7 Å². The SMILES string of the molecule is CCOC(=O)c1cc2cc3c(cc2nc1NC(=O)Nc1ccc2ccccc2c1)OCO3. The highest BCUT2D eigenvalue weighted by molar-refractivity contribution is 6.06. The molecule has 0 bridgehead atoms. The second-order valence-electron chi connectivity index (χ2n) is 7.14. The van der Waals surface area contributed by atoms with E-state index in [1.807, 2.05) is 42.5 Å². The molecule has 1 aromatic heterocycles. The van der Waals surface area contributed by atoms with Crippen molar-refractivity contribution in [2.75, 3.05) is 24.0 Å². The van der Waals surface area contributed by atoms with Gasteiger partial charge in [0.05, 0.1) is 12.1 Å². The van der Waals surface area contributed by atoms with Gasteiger partial charge in [0.15, 0.2) is 11.5 Å². The van der Waals surface area contributed by atoms with Crippen molar-refractivity contribution < 1.29 is 23.8 Å². The van der Waals surface area contributed by atoms with Gasteiger partial charge in [-0.05, 0) is 42.0 Å². The second kappa shape index (κ2) is 8.07. The van der Waals surface area contributed by atoms with E-state index in [0.29, 0.717) is 28.1 Å². The zero-order chi connectivity index (χ0) is 22.1. The lowest BCUT2D eigenvalue weighted by molar-refractivity contribution is 0.0527. The lowest BCUT2D eigenvalue weighted by Gasteiger charge is -2.13. The number of esters is 1. The minimum absolute atomic E-state index is 0.0908. The van der Waals surface area contributed by atoms with Crippen LogP contribution in [-0.2, 0) is 4.74 Å². The summed E-state index contributed by atoms with van der Waals surface area (Å²) in [5, 5.41) is 8.19. The summed E-state index contributed by atoms with van der Waals surface area (Å²) in [5.74, 6) is 0.637. The van der Waals surface area contributed by atoms with Crippen LogP contribution in [0.2, 0.25) is 0 Å². The average Bonchev–Trinajstić information content (AvgIpc) is 3.24. The number of carbonyl (C=O) groups excluding carboxylic acids is 2. The fourth-order valence-corrected chi connectivity index (χ4v) is 3.56. The number of pyridine rings is 1. The summed E-state index contributed by atoms with van der Waals surface area (Å²) in [6, 6.07) is 18.0. The molecule has 2 amide bonds. The van der Waals surface area contributed by atoms with E-state index in [2.05, 4.69) is 15.6 Å². The van der Waals surface area contributed by atoms with Gasteiger partial charge in [0, 0.05) is 17.1 Å².